The van der Waals surface area contributed by atoms with E-state index in [4.69, 9.17) is 0 Å². The number of benzene rings is 1. The van der Waals surface area contributed by atoms with E-state index >= 15 is 0 Å². The smallest absolute Gasteiger partial charge is 0.273 e. The van der Waals surface area contributed by atoms with Gasteiger partial charge in [-0.3, -0.25) is 14.9 Å². The molecule has 0 aliphatic rings. The van der Waals surface area contributed by atoms with Gasteiger partial charge in [0.05, 0.1) is 23.1 Å². The van der Waals surface area contributed by atoms with E-state index in [9.17, 15) is 20.0 Å². The summed E-state index contributed by atoms with van der Waals surface area (Å²) in [6.07, 6.45) is 3.16. The highest BCUT2D eigenvalue weighted by Crippen LogP contribution is 2.23. The Morgan fingerprint density at radius 2 is 2.32 bits per heavy atom. The molecule has 0 bridgehead atoms. The number of hydrogen-bond acceptors (Lipinski definition) is 5. The molecule has 0 radical (unpaired) electrons. The van der Waals surface area contributed by atoms with E-state index in [0.717, 1.165) is 12.1 Å². The lowest BCUT2D eigenvalue weighted by molar-refractivity contribution is -0.384. The number of aromatic nitrogens is 2. The van der Waals surface area contributed by atoms with Crippen LogP contribution in [0.3, 0.4) is 0 Å². The van der Waals surface area contributed by atoms with Crippen LogP contribution in [-0.2, 0) is 6.54 Å². The number of imidazole rings is 1. The fraction of sp³-hybridized carbons (Fsp3) is 0.0909. The molecule has 1 heterocycles. The lowest BCUT2D eigenvalue weighted by atomic mass is 10.1. The van der Waals surface area contributed by atoms with Crippen LogP contribution in [0.4, 0.5) is 5.69 Å². The average Bonchev–Trinajstić information content (AvgIpc) is 2.88. The highest BCUT2D eigenvalue weighted by atomic mass is 16.6. The maximum Gasteiger partial charge on any atom is 0.273 e. The number of carbonyl (C=O) groups is 1. The molecule has 0 spiro atoms. The first kappa shape index (κ1) is 12.6. The van der Waals surface area contributed by atoms with Gasteiger partial charge in [-0.15, -0.1) is 0 Å². The highest BCUT2D eigenvalue weighted by molar-refractivity contribution is 5.97. The second-order valence-electron chi connectivity index (χ2n) is 3.68. The van der Waals surface area contributed by atoms with E-state index in [-0.39, 0.29) is 17.8 Å². The van der Waals surface area contributed by atoms with Crippen molar-refractivity contribution in [3.8, 4) is 5.75 Å². The Balaban J connectivity index is 2.09. The molecule has 2 rings (SSSR count). The standard InChI is InChI=1S/C11H10N4O4/c16-9-5-7(15(18)19)1-2-8(9)11(17)14-6-10-12-3-4-13-10/h1-5,16H,6H2,(H,12,13)(H,14,17). The lowest BCUT2D eigenvalue weighted by Gasteiger charge is -2.05. The molecule has 0 unspecified atom stereocenters. The number of aromatic amines is 1. The van der Waals surface area contributed by atoms with Crippen LogP contribution in [0.5, 0.6) is 5.75 Å². The number of non-ortho nitro benzene ring substituents is 1. The fourth-order valence-electron chi connectivity index (χ4n) is 1.48. The van der Waals surface area contributed by atoms with Gasteiger partial charge in [0, 0.05) is 18.5 Å². The summed E-state index contributed by atoms with van der Waals surface area (Å²) in [4.78, 5) is 28.3. The average molecular weight is 262 g/mol. The quantitative estimate of drug-likeness (QED) is 0.559. The molecule has 2 aromatic rings. The van der Waals surface area contributed by atoms with E-state index in [2.05, 4.69) is 15.3 Å². The number of nitro groups is 1. The molecule has 1 aromatic heterocycles. The molecule has 19 heavy (non-hydrogen) atoms. The van der Waals surface area contributed by atoms with E-state index in [1.165, 1.54) is 6.07 Å². The monoisotopic (exact) mass is 262 g/mol. The van der Waals surface area contributed by atoms with Gasteiger partial charge in [0.15, 0.2) is 0 Å². The third-order valence-electron chi connectivity index (χ3n) is 2.41. The van der Waals surface area contributed by atoms with Crippen molar-refractivity contribution in [1.82, 2.24) is 15.3 Å². The van der Waals surface area contributed by atoms with Gasteiger partial charge >= 0.3 is 0 Å². The van der Waals surface area contributed by atoms with Crippen LogP contribution in [0.2, 0.25) is 0 Å². The summed E-state index contributed by atoms with van der Waals surface area (Å²) in [5.41, 5.74) is -0.308. The Kier molecular flexibility index (Phi) is 3.42. The molecular formula is C11H10N4O4. The predicted molar refractivity (Wildman–Crippen MR) is 64.5 cm³/mol. The van der Waals surface area contributed by atoms with E-state index in [1.54, 1.807) is 12.4 Å². The number of phenols is 1. The number of rotatable bonds is 4. The van der Waals surface area contributed by atoms with Crippen molar-refractivity contribution in [1.29, 1.82) is 0 Å². The summed E-state index contributed by atoms with van der Waals surface area (Å²) in [7, 11) is 0. The first-order valence-corrected chi connectivity index (χ1v) is 5.32. The van der Waals surface area contributed by atoms with Crippen LogP contribution in [0, 0.1) is 10.1 Å². The third kappa shape index (κ3) is 2.86. The Morgan fingerprint density at radius 3 is 2.89 bits per heavy atom. The van der Waals surface area contributed by atoms with E-state index in [0.29, 0.717) is 5.82 Å². The van der Waals surface area contributed by atoms with E-state index < -0.39 is 16.6 Å². The topological polar surface area (TPSA) is 121 Å². The first-order chi connectivity index (χ1) is 9.08. The van der Waals surface area contributed by atoms with Crippen molar-refractivity contribution in [2.75, 3.05) is 0 Å². The van der Waals surface area contributed by atoms with Crippen molar-refractivity contribution < 1.29 is 14.8 Å². The Morgan fingerprint density at radius 1 is 1.53 bits per heavy atom. The summed E-state index contributed by atoms with van der Waals surface area (Å²) in [6, 6.07) is 3.29. The van der Waals surface area contributed by atoms with Crippen molar-refractivity contribution >= 4 is 11.6 Å². The number of nitrogens with zero attached hydrogens (tertiary/aromatic N) is 2. The van der Waals surface area contributed by atoms with Gasteiger partial charge in [-0.1, -0.05) is 0 Å². The van der Waals surface area contributed by atoms with Gasteiger partial charge < -0.3 is 15.4 Å². The molecule has 1 amide bonds. The number of phenolic OH excluding ortho intramolecular Hbond substituents is 1. The Labute approximate surface area is 107 Å². The molecule has 0 aliphatic carbocycles. The van der Waals surface area contributed by atoms with Gasteiger partial charge in [-0.25, -0.2) is 4.98 Å². The normalized spacial score (nSPS) is 10.1. The first-order valence-electron chi connectivity index (χ1n) is 5.32. The number of nitrogens with one attached hydrogen (secondary N) is 2. The highest BCUT2D eigenvalue weighted by Gasteiger charge is 2.15. The third-order valence-corrected chi connectivity index (χ3v) is 2.41. The zero-order valence-corrected chi connectivity index (χ0v) is 9.66. The fourth-order valence-corrected chi connectivity index (χ4v) is 1.48. The minimum atomic E-state index is -0.649. The van der Waals surface area contributed by atoms with Crippen LogP contribution in [0.15, 0.2) is 30.6 Å². The predicted octanol–water partition coefficient (Wildman–Crippen LogP) is 0.953. The molecule has 8 nitrogen and oxygen atoms in total. The Bertz CT molecular complexity index is 609. The van der Waals surface area contributed by atoms with Crippen molar-refractivity contribution in [3.63, 3.8) is 0 Å². The second kappa shape index (κ2) is 5.17. The molecule has 3 N–H and O–H groups in total. The summed E-state index contributed by atoms with van der Waals surface area (Å²) >= 11 is 0. The van der Waals surface area contributed by atoms with Crippen molar-refractivity contribution in [2.24, 2.45) is 0 Å². The number of hydrogen-bond donors (Lipinski definition) is 3. The van der Waals surface area contributed by atoms with Crippen LogP contribution >= 0.6 is 0 Å². The number of carbonyl (C=O) groups excluding carboxylic acids is 1. The van der Waals surface area contributed by atoms with Gasteiger partial charge in [0.25, 0.3) is 11.6 Å². The Hall–Kier alpha value is -2.90. The summed E-state index contributed by atoms with van der Waals surface area (Å²) < 4.78 is 0. The zero-order chi connectivity index (χ0) is 13.8. The zero-order valence-electron chi connectivity index (χ0n) is 9.66. The molecule has 8 heteroatoms. The van der Waals surface area contributed by atoms with Crippen LogP contribution in [0.1, 0.15) is 16.2 Å². The molecule has 0 fully saturated rings. The van der Waals surface area contributed by atoms with Crippen LogP contribution < -0.4 is 5.32 Å². The molecular weight excluding hydrogens is 252 g/mol. The molecule has 1 aromatic carbocycles. The van der Waals surface area contributed by atoms with Crippen LogP contribution in [0.25, 0.3) is 0 Å². The number of amides is 1. The largest absolute Gasteiger partial charge is 0.507 e. The maximum atomic E-state index is 11.8. The van der Waals surface area contributed by atoms with Gasteiger partial charge in [-0.05, 0) is 6.07 Å². The van der Waals surface area contributed by atoms with Gasteiger partial charge in [-0.2, -0.15) is 0 Å². The van der Waals surface area contributed by atoms with Crippen LogP contribution in [-0.4, -0.2) is 25.9 Å². The molecule has 98 valence electrons. The lowest BCUT2D eigenvalue weighted by Crippen LogP contribution is -2.23. The number of aromatic hydroxyl groups is 1. The molecule has 0 atom stereocenters. The van der Waals surface area contributed by atoms with Crippen molar-refractivity contribution in [3.05, 3.63) is 52.1 Å². The number of nitro benzene ring substituents is 1. The summed E-state index contributed by atoms with van der Waals surface area (Å²) in [5.74, 6) is -0.412. The maximum absolute atomic E-state index is 11.8. The molecule has 0 saturated heterocycles. The minimum Gasteiger partial charge on any atom is -0.507 e. The second-order valence-corrected chi connectivity index (χ2v) is 3.68. The summed E-state index contributed by atoms with van der Waals surface area (Å²) in [6.45, 7) is 0.169. The van der Waals surface area contributed by atoms with Crippen molar-refractivity contribution in [2.45, 2.75) is 6.54 Å². The summed E-state index contributed by atoms with van der Waals surface area (Å²) in [5, 5.41) is 22.6. The minimum absolute atomic E-state index is 0.0304. The molecule has 0 saturated carbocycles. The van der Waals surface area contributed by atoms with E-state index in [1.807, 2.05) is 0 Å². The SMILES string of the molecule is O=C(NCc1ncc[nH]1)c1ccc([N+](=O)[O-])cc1O. The van der Waals surface area contributed by atoms with Gasteiger partial charge in [0.2, 0.25) is 0 Å². The van der Waals surface area contributed by atoms with Gasteiger partial charge in [0.1, 0.15) is 11.6 Å². The molecule has 0 aliphatic heterocycles. The number of H-pyrrole nitrogens is 1.